The summed E-state index contributed by atoms with van der Waals surface area (Å²) in [7, 11) is 1.54. The van der Waals surface area contributed by atoms with E-state index in [0.29, 0.717) is 48.4 Å². The van der Waals surface area contributed by atoms with Crippen LogP contribution in [-0.2, 0) is 4.79 Å². The molecule has 0 radical (unpaired) electrons. The minimum atomic E-state index is -0.502. The van der Waals surface area contributed by atoms with E-state index in [2.05, 4.69) is 10.2 Å². The highest BCUT2D eigenvalue weighted by molar-refractivity contribution is 6.32. The highest BCUT2D eigenvalue weighted by Crippen LogP contribution is 2.29. The summed E-state index contributed by atoms with van der Waals surface area (Å²) >= 11 is 6.21. The number of nitrogens with zero attached hydrogens (tertiary/aromatic N) is 2. The molecule has 0 aliphatic carbocycles. The third-order valence-corrected chi connectivity index (χ3v) is 5.78. The van der Waals surface area contributed by atoms with Crippen molar-refractivity contribution in [2.75, 3.05) is 38.6 Å². The molecule has 1 fully saturated rings. The summed E-state index contributed by atoms with van der Waals surface area (Å²) in [5.41, 5.74) is 1.48. The van der Waals surface area contributed by atoms with Crippen LogP contribution in [0.3, 0.4) is 0 Å². The molecular formula is C24H24ClN3O4. The van der Waals surface area contributed by atoms with Gasteiger partial charge in [0.05, 0.1) is 18.4 Å². The fourth-order valence-electron chi connectivity index (χ4n) is 3.86. The molecule has 2 heterocycles. The van der Waals surface area contributed by atoms with Crippen LogP contribution in [0, 0.1) is 0 Å². The molecular weight excluding hydrogens is 430 g/mol. The molecule has 2 amide bonds. The van der Waals surface area contributed by atoms with Crippen molar-refractivity contribution in [1.29, 1.82) is 0 Å². The summed E-state index contributed by atoms with van der Waals surface area (Å²) in [4.78, 5) is 29.8. The quantitative estimate of drug-likeness (QED) is 0.608. The van der Waals surface area contributed by atoms with Crippen molar-refractivity contribution < 1.29 is 18.7 Å². The standard InChI is InChI=1S/C24H24ClN3O4/c1-31-20-10-9-18(16-19(20)25)26-23(29)22(17-6-3-2-4-7-17)27-11-13-28(14-12-27)24(30)21-8-5-15-32-21/h2-10,15-16,22H,11-14H2,1H3,(H,26,29)/t22-/m0/s1. The summed E-state index contributed by atoms with van der Waals surface area (Å²) in [5, 5.41) is 3.39. The van der Waals surface area contributed by atoms with Gasteiger partial charge in [0.1, 0.15) is 11.8 Å². The molecule has 1 aromatic heterocycles. The average Bonchev–Trinajstić information content (AvgIpc) is 3.35. The normalized spacial score (nSPS) is 15.2. The maximum Gasteiger partial charge on any atom is 0.289 e. The molecule has 1 atom stereocenters. The van der Waals surface area contributed by atoms with E-state index in [-0.39, 0.29) is 11.8 Å². The molecule has 4 rings (SSSR count). The zero-order chi connectivity index (χ0) is 22.5. The van der Waals surface area contributed by atoms with Crippen molar-refractivity contribution in [3.05, 3.63) is 83.3 Å². The summed E-state index contributed by atoms with van der Waals surface area (Å²) in [6, 6.07) is 17.6. The van der Waals surface area contributed by atoms with Crippen LogP contribution in [0.2, 0.25) is 5.02 Å². The van der Waals surface area contributed by atoms with E-state index in [1.165, 1.54) is 6.26 Å². The van der Waals surface area contributed by atoms with E-state index in [9.17, 15) is 9.59 Å². The largest absolute Gasteiger partial charge is 0.495 e. The Morgan fingerprint density at radius 3 is 2.41 bits per heavy atom. The van der Waals surface area contributed by atoms with Gasteiger partial charge in [-0.15, -0.1) is 0 Å². The van der Waals surface area contributed by atoms with Gasteiger partial charge in [-0.05, 0) is 35.9 Å². The molecule has 7 nitrogen and oxygen atoms in total. The number of rotatable bonds is 6. The maximum absolute atomic E-state index is 13.4. The van der Waals surface area contributed by atoms with Crippen molar-refractivity contribution >= 4 is 29.1 Å². The van der Waals surface area contributed by atoms with E-state index in [1.54, 1.807) is 42.3 Å². The van der Waals surface area contributed by atoms with Gasteiger partial charge in [-0.2, -0.15) is 0 Å². The predicted molar refractivity (Wildman–Crippen MR) is 122 cm³/mol. The van der Waals surface area contributed by atoms with Crippen molar-refractivity contribution in [3.63, 3.8) is 0 Å². The first-order valence-electron chi connectivity index (χ1n) is 10.3. The Kier molecular flexibility index (Phi) is 6.78. The average molecular weight is 454 g/mol. The summed E-state index contributed by atoms with van der Waals surface area (Å²) in [5.74, 6) is 0.570. The summed E-state index contributed by atoms with van der Waals surface area (Å²) in [6.45, 7) is 2.13. The number of ether oxygens (including phenoxy) is 1. The molecule has 1 saturated heterocycles. The van der Waals surface area contributed by atoms with Crippen LogP contribution >= 0.6 is 11.6 Å². The second-order valence-electron chi connectivity index (χ2n) is 7.46. The topological polar surface area (TPSA) is 75.0 Å². The molecule has 0 bridgehead atoms. The zero-order valence-corrected chi connectivity index (χ0v) is 18.4. The Bertz CT molecular complexity index is 1060. The van der Waals surface area contributed by atoms with E-state index in [4.69, 9.17) is 20.8 Å². The SMILES string of the molecule is COc1ccc(NC(=O)[C@H](c2ccccc2)N2CCN(C(=O)c3ccco3)CC2)cc1Cl. The monoisotopic (exact) mass is 453 g/mol. The Balaban J connectivity index is 1.50. The number of furan rings is 1. The first-order chi connectivity index (χ1) is 15.6. The number of nitrogens with one attached hydrogen (secondary N) is 1. The lowest BCUT2D eigenvalue weighted by Gasteiger charge is -2.38. The third-order valence-electron chi connectivity index (χ3n) is 5.48. The first kappa shape index (κ1) is 21.9. The number of carbonyl (C=O) groups excluding carboxylic acids is 2. The van der Waals surface area contributed by atoms with Gasteiger partial charge in [-0.3, -0.25) is 14.5 Å². The Labute approximate surface area is 191 Å². The van der Waals surface area contributed by atoms with E-state index in [0.717, 1.165) is 5.56 Å². The van der Waals surface area contributed by atoms with E-state index in [1.807, 2.05) is 30.3 Å². The molecule has 166 valence electrons. The van der Waals surface area contributed by atoms with Gasteiger partial charge in [0.2, 0.25) is 5.91 Å². The van der Waals surface area contributed by atoms with Crippen LogP contribution < -0.4 is 10.1 Å². The molecule has 0 spiro atoms. The van der Waals surface area contributed by atoms with Gasteiger partial charge in [-0.25, -0.2) is 0 Å². The third kappa shape index (κ3) is 4.79. The summed E-state index contributed by atoms with van der Waals surface area (Å²) < 4.78 is 10.4. The first-order valence-corrected chi connectivity index (χ1v) is 10.7. The van der Waals surface area contributed by atoms with Gasteiger partial charge in [0, 0.05) is 31.9 Å². The van der Waals surface area contributed by atoms with E-state index < -0.39 is 6.04 Å². The number of hydrogen-bond acceptors (Lipinski definition) is 5. The van der Waals surface area contributed by atoms with Gasteiger partial charge in [0.25, 0.3) is 5.91 Å². The van der Waals surface area contributed by atoms with Gasteiger partial charge in [-0.1, -0.05) is 41.9 Å². The lowest BCUT2D eigenvalue weighted by molar-refractivity contribution is -0.122. The molecule has 3 aromatic rings. The second kappa shape index (κ2) is 9.89. The number of hydrogen-bond donors (Lipinski definition) is 1. The lowest BCUT2D eigenvalue weighted by atomic mass is 10.0. The van der Waals surface area contributed by atoms with Crippen molar-refractivity contribution in [1.82, 2.24) is 9.80 Å². The highest BCUT2D eigenvalue weighted by atomic mass is 35.5. The fourth-order valence-corrected chi connectivity index (χ4v) is 4.12. The van der Waals surface area contributed by atoms with Crippen molar-refractivity contribution in [2.45, 2.75) is 6.04 Å². The summed E-state index contributed by atoms with van der Waals surface area (Å²) in [6.07, 6.45) is 1.49. The smallest absolute Gasteiger partial charge is 0.289 e. The molecule has 0 saturated carbocycles. The Morgan fingerprint density at radius 1 is 1.03 bits per heavy atom. The number of piperazine rings is 1. The molecule has 32 heavy (non-hydrogen) atoms. The molecule has 1 aliphatic rings. The molecule has 2 aromatic carbocycles. The fraction of sp³-hybridized carbons (Fsp3) is 0.250. The molecule has 1 N–H and O–H groups in total. The number of anilines is 1. The number of benzene rings is 2. The minimum absolute atomic E-state index is 0.136. The van der Waals surface area contributed by atoms with Gasteiger partial charge >= 0.3 is 0 Å². The number of halogens is 1. The van der Waals surface area contributed by atoms with Crippen LogP contribution in [0.15, 0.2) is 71.3 Å². The Morgan fingerprint density at radius 2 is 1.78 bits per heavy atom. The van der Waals surface area contributed by atoms with Crippen molar-refractivity contribution in [2.24, 2.45) is 0 Å². The predicted octanol–water partition coefficient (Wildman–Crippen LogP) is 4.08. The van der Waals surface area contributed by atoms with Gasteiger partial charge in [0.15, 0.2) is 5.76 Å². The maximum atomic E-state index is 13.4. The number of carbonyl (C=O) groups is 2. The number of amides is 2. The van der Waals surface area contributed by atoms with Crippen molar-refractivity contribution in [3.8, 4) is 5.75 Å². The Hall–Kier alpha value is -3.29. The van der Waals surface area contributed by atoms with Crippen LogP contribution in [0.1, 0.15) is 22.2 Å². The lowest BCUT2D eigenvalue weighted by Crippen LogP contribution is -2.51. The van der Waals surface area contributed by atoms with Crippen LogP contribution in [0.4, 0.5) is 5.69 Å². The van der Waals surface area contributed by atoms with Gasteiger partial charge < -0.3 is 19.4 Å². The second-order valence-corrected chi connectivity index (χ2v) is 7.86. The molecule has 0 unspecified atom stereocenters. The van der Waals surface area contributed by atoms with Crippen LogP contribution in [0.5, 0.6) is 5.75 Å². The van der Waals surface area contributed by atoms with Crippen LogP contribution in [-0.4, -0.2) is 54.9 Å². The number of methoxy groups -OCH3 is 1. The van der Waals surface area contributed by atoms with Crippen LogP contribution in [0.25, 0.3) is 0 Å². The minimum Gasteiger partial charge on any atom is -0.495 e. The highest BCUT2D eigenvalue weighted by Gasteiger charge is 2.32. The van der Waals surface area contributed by atoms with E-state index >= 15 is 0 Å². The molecule has 8 heteroatoms. The zero-order valence-electron chi connectivity index (χ0n) is 17.7. The molecule has 1 aliphatic heterocycles.